The first kappa shape index (κ1) is 14.8. The van der Waals surface area contributed by atoms with Gasteiger partial charge in [0.15, 0.2) is 0 Å². The highest BCUT2D eigenvalue weighted by atomic mass is 15.2. The third kappa shape index (κ3) is 3.57. The van der Waals surface area contributed by atoms with E-state index in [2.05, 4.69) is 58.4 Å². The molecule has 1 aromatic carbocycles. The van der Waals surface area contributed by atoms with Crippen LogP contribution in [0.5, 0.6) is 0 Å². The third-order valence-electron chi connectivity index (χ3n) is 4.82. The van der Waals surface area contributed by atoms with Crippen LogP contribution in [0.15, 0.2) is 24.3 Å². The van der Waals surface area contributed by atoms with Gasteiger partial charge in [-0.15, -0.1) is 0 Å². The Labute approximate surface area is 128 Å². The molecular formula is C17H28N4. The molecule has 0 radical (unpaired) electrons. The Bertz CT molecular complexity index is 454. The van der Waals surface area contributed by atoms with E-state index in [0.29, 0.717) is 0 Å². The minimum atomic E-state index is 0.719. The van der Waals surface area contributed by atoms with E-state index in [1.165, 1.54) is 30.8 Å². The molecule has 2 aliphatic rings. The van der Waals surface area contributed by atoms with Gasteiger partial charge in [0, 0.05) is 57.5 Å². The molecule has 1 N–H and O–H groups in total. The second-order valence-corrected chi connectivity index (χ2v) is 6.51. The summed E-state index contributed by atoms with van der Waals surface area (Å²) in [7, 11) is 4.39. The van der Waals surface area contributed by atoms with Crippen LogP contribution in [0.1, 0.15) is 12.0 Å². The van der Waals surface area contributed by atoms with E-state index in [0.717, 1.165) is 38.8 Å². The Hall–Kier alpha value is -1.10. The van der Waals surface area contributed by atoms with Crippen LogP contribution in [0, 0.1) is 0 Å². The van der Waals surface area contributed by atoms with Gasteiger partial charge in [0.2, 0.25) is 0 Å². The Morgan fingerprint density at radius 1 is 1.14 bits per heavy atom. The standard InChI is InChI=1S/C17H28N4/c1-19(2)16-7-10-20(14-16)13-15-5-3-4-6-17(15)21-11-8-18-9-12-21/h3-6,16,18H,7-14H2,1-2H3/t16-/m1/s1. The number of rotatable bonds is 4. The van der Waals surface area contributed by atoms with Crippen molar-refractivity contribution < 1.29 is 0 Å². The molecule has 0 bridgehead atoms. The fourth-order valence-electron chi connectivity index (χ4n) is 3.48. The summed E-state index contributed by atoms with van der Waals surface area (Å²) in [4.78, 5) is 7.50. The predicted octanol–water partition coefficient (Wildman–Crippen LogP) is 1.23. The third-order valence-corrected chi connectivity index (χ3v) is 4.82. The number of nitrogens with one attached hydrogen (secondary N) is 1. The van der Waals surface area contributed by atoms with Crippen LogP contribution in [-0.4, -0.2) is 69.2 Å². The maximum Gasteiger partial charge on any atom is 0.0412 e. The van der Waals surface area contributed by atoms with Crippen molar-refractivity contribution in [1.82, 2.24) is 15.1 Å². The Morgan fingerprint density at radius 3 is 2.62 bits per heavy atom. The van der Waals surface area contributed by atoms with Gasteiger partial charge in [0.1, 0.15) is 0 Å². The maximum absolute atomic E-state index is 3.44. The van der Waals surface area contributed by atoms with E-state index in [4.69, 9.17) is 0 Å². The number of benzene rings is 1. The number of hydrogen-bond acceptors (Lipinski definition) is 4. The molecule has 21 heavy (non-hydrogen) atoms. The topological polar surface area (TPSA) is 21.8 Å². The molecule has 2 heterocycles. The van der Waals surface area contributed by atoms with E-state index in [-0.39, 0.29) is 0 Å². The van der Waals surface area contributed by atoms with Crippen LogP contribution in [0.4, 0.5) is 5.69 Å². The Kier molecular flexibility index (Phi) is 4.78. The van der Waals surface area contributed by atoms with Crippen LogP contribution in [0.2, 0.25) is 0 Å². The highest BCUT2D eigenvalue weighted by Crippen LogP contribution is 2.24. The molecule has 2 saturated heterocycles. The monoisotopic (exact) mass is 288 g/mol. The number of hydrogen-bond donors (Lipinski definition) is 1. The normalized spacial score (nSPS) is 24.0. The van der Waals surface area contributed by atoms with Crippen molar-refractivity contribution >= 4 is 5.69 Å². The number of anilines is 1. The second-order valence-electron chi connectivity index (χ2n) is 6.51. The van der Waals surface area contributed by atoms with Crippen molar-refractivity contribution in [1.29, 1.82) is 0 Å². The summed E-state index contributed by atoms with van der Waals surface area (Å²) >= 11 is 0. The molecular weight excluding hydrogens is 260 g/mol. The first-order chi connectivity index (χ1) is 10.2. The van der Waals surface area contributed by atoms with E-state index >= 15 is 0 Å². The maximum atomic E-state index is 3.44. The SMILES string of the molecule is CN(C)[C@@H]1CCN(Cc2ccccc2N2CCNCC2)C1. The minimum absolute atomic E-state index is 0.719. The van der Waals surface area contributed by atoms with Crippen molar-refractivity contribution in [2.24, 2.45) is 0 Å². The van der Waals surface area contributed by atoms with Crippen molar-refractivity contribution in [2.75, 3.05) is 58.3 Å². The van der Waals surface area contributed by atoms with Gasteiger partial charge in [-0.1, -0.05) is 18.2 Å². The van der Waals surface area contributed by atoms with Gasteiger partial charge in [-0.25, -0.2) is 0 Å². The largest absolute Gasteiger partial charge is 0.369 e. The predicted molar refractivity (Wildman–Crippen MR) is 88.9 cm³/mol. The molecule has 2 aliphatic heterocycles. The highest BCUT2D eigenvalue weighted by Gasteiger charge is 2.25. The van der Waals surface area contributed by atoms with Gasteiger partial charge >= 0.3 is 0 Å². The first-order valence-corrected chi connectivity index (χ1v) is 8.16. The van der Waals surface area contributed by atoms with E-state index < -0.39 is 0 Å². The average molecular weight is 288 g/mol. The van der Waals surface area contributed by atoms with Gasteiger partial charge < -0.3 is 15.1 Å². The Balaban J connectivity index is 1.68. The molecule has 0 aliphatic carbocycles. The smallest absolute Gasteiger partial charge is 0.0412 e. The number of para-hydroxylation sites is 1. The molecule has 0 amide bonds. The molecule has 0 aromatic heterocycles. The van der Waals surface area contributed by atoms with Crippen molar-refractivity contribution in [2.45, 2.75) is 19.0 Å². The lowest BCUT2D eigenvalue weighted by atomic mass is 10.1. The molecule has 3 rings (SSSR count). The molecule has 0 unspecified atom stereocenters. The van der Waals surface area contributed by atoms with Gasteiger partial charge in [-0.3, -0.25) is 4.90 Å². The summed E-state index contributed by atoms with van der Waals surface area (Å²) < 4.78 is 0. The number of piperazine rings is 1. The van der Waals surface area contributed by atoms with Crippen LogP contribution >= 0.6 is 0 Å². The molecule has 4 heteroatoms. The average Bonchev–Trinajstić information content (AvgIpc) is 2.98. The van der Waals surface area contributed by atoms with Crippen LogP contribution < -0.4 is 10.2 Å². The lowest BCUT2D eigenvalue weighted by Crippen LogP contribution is -2.44. The molecule has 0 saturated carbocycles. The van der Waals surface area contributed by atoms with Gasteiger partial charge in [0.25, 0.3) is 0 Å². The summed E-state index contributed by atoms with van der Waals surface area (Å²) in [5.74, 6) is 0. The van der Waals surface area contributed by atoms with Gasteiger partial charge in [-0.2, -0.15) is 0 Å². The number of likely N-dealkylation sites (N-methyl/N-ethyl adjacent to an activating group) is 1. The molecule has 116 valence electrons. The lowest BCUT2D eigenvalue weighted by Gasteiger charge is -2.32. The zero-order valence-electron chi connectivity index (χ0n) is 13.4. The van der Waals surface area contributed by atoms with E-state index in [1.807, 2.05) is 0 Å². The van der Waals surface area contributed by atoms with Crippen molar-refractivity contribution in [3.63, 3.8) is 0 Å². The zero-order valence-corrected chi connectivity index (χ0v) is 13.4. The zero-order chi connectivity index (χ0) is 14.7. The van der Waals surface area contributed by atoms with Crippen molar-refractivity contribution in [3.05, 3.63) is 29.8 Å². The summed E-state index contributed by atoms with van der Waals surface area (Å²) in [6.07, 6.45) is 1.29. The molecule has 0 spiro atoms. The number of nitrogens with zero attached hydrogens (tertiary/aromatic N) is 3. The lowest BCUT2D eigenvalue weighted by molar-refractivity contribution is 0.265. The van der Waals surface area contributed by atoms with Crippen molar-refractivity contribution in [3.8, 4) is 0 Å². The summed E-state index contributed by atoms with van der Waals surface area (Å²) in [5, 5.41) is 3.44. The van der Waals surface area contributed by atoms with E-state index in [9.17, 15) is 0 Å². The minimum Gasteiger partial charge on any atom is -0.369 e. The Morgan fingerprint density at radius 2 is 1.90 bits per heavy atom. The first-order valence-electron chi connectivity index (χ1n) is 8.16. The van der Waals surface area contributed by atoms with Gasteiger partial charge in [0.05, 0.1) is 0 Å². The summed E-state index contributed by atoms with van der Waals surface area (Å²) in [5.41, 5.74) is 2.92. The second kappa shape index (κ2) is 6.77. The highest BCUT2D eigenvalue weighted by molar-refractivity contribution is 5.54. The molecule has 1 aromatic rings. The quantitative estimate of drug-likeness (QED) is 0.899. The van der Waals surface area contributed by atoms with Crippen LogP contribution in [0.25, 0.3) is 0 Å². The van der Waals surface area contributed by atoms with Gasteiger partial charge in [-0.05, 0) is 32.1 Å². The number of likely N-dealkylation sites (tertiary alicyclic amines) is 1. The fourth-order valence-corrected chi connectivity index (χ4v) is 3.48. The van der Waals surface area contributed by atoms with E-state index in [1.54, 1.807) is 0 Å². The molecule has 1 atom stereocenters. The summed E-state index contributed by atoms with van der Waals surface area (Å²) in [6, 6.07) is 9.67. The molecule has 4 nitrogen and oxygen atoms in total. The van der Waals surface area contributed by atoms with Crippen LogP contribution in [0.3, 0.4) is 0 Å². The summed E-state index contributed by atoms with van der Waals surface area (Å²) in [6.45, 7) is 7.95. The fraction of sp³-hybridized carbons (Fsp3) is 0.647. The van der Waals surface area contributed by atoms with Crippen LogP contribution in [-0.2, 0) is 6.54 Å². The molecule has 2 fully saturated rings.